The van der Waals surface area contributed by atoms with Gasteiger partial charge in [0.25, 0.3) is 0 Å². The molecule has 0 N–H and O–H groups in total. The summed E-state index contributed by atoms with van der Waals surface area (Å²) in [5.74, 6) is 0. The van der Waals surface area contributed by atoms with Crippen LogP contribution in [0.2, 0.25) is 13.1 Å². The molecule has 0 amide bonds. The SMILES string of the molecule is C[Si](C)(Cl)C1=[C]([Ti])CC=C1.Cl. The van der Waals surface area contributed by atoms with Gasteiger partial charge in [-0.1, -0.05) is 0 Å². The van der Waals surface area contributed by atoms with E-state index in [4.69, 9.17) is 11.1 Å². The molecule has 1 rings (SSSR count). The molecule has 0 aliphatic heterocycles. The Labute approximate surface area is 91.6 Å². The monoisotopic (exact) mass is 241 g/mol. The molecule has 0 saturated carbocycles. The van der Waals surface area contributed by atoms with E-state index < -0.39 is 7.38 Å². The first-order valence-electron chi connectivity index (χ1n) is 3.32. The van der Waals surface area contributed by atoms with E-state index in [2.05, 4.69) is 45.7 Å². The molecule has 0 heterocycles. The summed E-state index contributed by atoms with van der Waals surface area (Å²) in [6.07, 6.45) is 5.49. The van der Waals surface area contributed by atoms with Gasteiger partial charge < -0.3 is 0 Å². The second kappa shape index (κ2) is 4.29. The van der Waals surface area contributed by atoms with Gasteiger partial charge in [0.15, 0.2) is 0 Å². The number of halogens is 2. The third-order valence-corrected chi connectivity index (χ3v) is 5.06. The predicted octanol–water partition coefficient (Wildman–Crippen LogP) is 3.15. The van der Waals surface area contributed by atoms with E-state index in [0.29, 0.717) is 0 Å². The summed E-state index contributed by atoms with van der Waals surface area (Å²) in [7, 11) is -1.52. The van der Waals surface area contributed by atoms with E-state index >= 15 is 0 Å². The van der Waals surface area contributed by atoms with Gasteiger partial charge in [0.1, 0.15) is 0 Å². The molecule has 0 aromatic rings. The van der Waals surface area contributed by atoms with Crippen molar-refractivity contribution < 1.29 is 20.4 Å². The van der Waals surface area contributed by atoms with Crippen molar-refractivity contribution in [1.29, 1.82) is 0 Å². The molecule has 0 aromatic heterocycles. The Morgan fingerprint density at radius 3 is 2.27 bits per heavy atom. The molecule has 0 radical (unpaired) electrons. The van der Waals surface area contributed by atoms with Crippen LogP contribution in [0.4, 0.5) is 0 Å². The summed E-state index contributed by atoms with van der Waals surface area (Å²) < 4.78 is 1.46. The van der Waals surface area contributed by atoms with E-state index in [9.17, 15) is 0 Å². The van der Waals surface area contributed by atoms with Crippen LogP contribution < -0.4 is 0 Å². The van der Waals surface area contributed by atoms with Crippen molar-refractivity contribution in [2.45, 2.75) is 19.5 Å². The molecule has 0 fully saturated rings. The molecule has 4 heteroatoms. The summed E-state index contributed by atoms with van der Waals surface area (Å²) in [6.45, 7) is 4.34. The van der Waals surface area contributed by atoms with Crippen molar-refractivity contribution >= 4 is 30.9 Å². The zero-order valence-electron chi connectivity index (χ0n) is 6.65. The Hall–Kier alpha value is 0.991. The van der Waals surface area contributed by atoms with Crippen LogP contribution in [0.5, 0.6) is 0 Å². The van der Waals surface area contributed by atoms with E-state index in [1.54, 1.807) is 0 Å². The predicted molar refractivity (Wildman–Crippen MR) is 51.4 cm³/mol. The third-order valence-electron chi connectivity index (χ3n) is 1.57. The Morgan fingerprint density at radius 1 is 1.55 bits per heavy atom. The van der Waals surface area contributed by atoms with Crippen molar-refractivity contribution in [3.8, 4) is 0 Å². The number of hydrogen-bond donors (Lipinski definition) is 0. The number of rotatable bonds is 1. The van der Waals surface area contributed by atoms with Gasteiger partial charge in [0, 0.05) is 0 Å². The van der Waals surface area contributed by atoms with Crippen LogP contribution in [-0.4, -0.2) is 7.38 Å². The molecule has 11 heavy (non-hydrogen) atoms. The van der Waals surface area contributed by atoms with Gasteiger partial charge in [-0.05, 0) is 0 Å². The molecule has 0 atom stereocenters. The summed E-state index contributed by atoms with van der Waals surface area (Å²) in [6, 6.07) is 0. The van der Waals surface area contributed by atoms with Crippen LogP contribution in [-0.2, 0) is 20.4 Å². The first-order valence-corrected chi connectivity index (χ1v) is 8.12. The second-order valence-electron chi connectivity index (χ2n) is 2.97. The third kappa shape index (κ3) is 3.08. The van der Waals surface area contributed by atoms with Crippen molar-refractivity contribution in [2.24, 2.45) is 0 Å². The molecular weight excluding hydrogens is 231 g/mol. The molecule has 0 bridgehead atoms. The minimum absolute atomic E-state index is 0. The first-order chi connectivity index (χ1) is 4.52. The summed E-state index contributed by atoms with van der Waals surface area (Å²) in [5, 5.41) is 1.43. The molecule has 61 valence electrons. The fraction of sp³-hybridized carbons (Fsp3) is 0.429. The van der Waals surface area contributed by atoms with Gasteiger partial charge in [-0.3, -0.25) is 0 Å². The topological polar surface area (TPSA) is 0 Å². The van der Waals surface area contributed by atoms with Crippen LogP contribution in [0, 0.1) is 0 Å². The molecule has 1 aliphatic rings. The molecule has 0 saturated heterocycles. The van der Waals surface area contributed by atoms with Crippen LogP contribution in [0.25, 0.3) is 0 Å². The first kappa shape index (κ1) is 12.0. The minimum Gasteiger partial charge on any atom is -0.147 e. The second-order valence-corrected chi connectivity index (χ2v) is 10.2. The van der Waals surface area contributed by atoms with Gasteiger partial charge in [0.05, 0.1) is 0 Å². The Bertz CT molecular complexity index is 203. The van der Waals surface area contributed by atoms with Crippen LogP contribution in [0.3, 0.4) is 0 Å². The zero-order chi connectivity index (χ0) is 7.78. The maximum Gasteiger partial charge on any atom is -0.147 e. The van der Waals surface area contributed by atoms with Crippen molar-refractivity contribution in [3.63, 3.8) is 0 Å². The van der Waals surface area contributed by atoms with Gasteiger partial charge in [-0.15, -0.1) is 12.4 Å². The summed E-state index contributed by atoms with van der Waals surface area (Å²) in [4.78, 5) is 0. The average Bonchev–Trinajstić information content (AvgIpc) is 2.11. The minimum atomic E-state index is -1.52. The quantitative estimate of drug-likeness (QED) is 0.489. The fourth-order valence-corrected chi connectivity index (χ4v) is 5.08. The van der Waals surface area contributed by atoms with E-state index in [1.807, 2.05) is 0 Å². The molecule has 0 spiro atoms. The summed E-state index contributed by atoms with van der Waals surface area (Å²) >= 11 is 8.44. The van der Waals surface area contributed by atoms with E-state index in [0.717, 1.165) is 6.42 Å². The van der Waals surface area contributed by atoms with Gasteiger partial charge >= 0.3 is 79.6 Å². The Morgan fingerprint density at radius 2 is 2.09 bits per heavy atom. The molecule has 0 aromatic carbocycles. The van der Waals surface area contributed by atoms with Crippen molar-refractivity contribution in [2.75, 3.05) is 0 Å². The van der Waals surface area contributed by atoms with Crippen LogP contribution >= 0.6 is 23.5 Å². The van der Waals surface area contributed by atoms with Gasteiger partial charge in [0.2, 0.25) is 0 Å². The van der Waals surface area contributed by atoms with Crippen molar-refractivity contribution in [1.82, 2.24) is 0 Å². The number of allylic oxidation sites excluding steroid dienone is 4. The normalized spacial score (nSPS) is 16.9. The van der Waals surface area contributed by atoms with Crippen molar-refractivity contribution in [3.05, 3.63) is 21.2 Å². The van der Waals surface area contributed by atoms with Gasteiger partial charge in [-0.25, -0.2) is 0 Å². The number of hydrogen-bond acceptors (Lipinski definition) is 0. The summed E-state index contributed by atoms with van der Waals surface area (Å²) in [5.41, 5.74) is 0. The van der Waals surface area contributed by atoms with Crippen LogP contribution in [0.1, 0.15) is 6.42 Å². The van der Waals surface area contributed by atoms with E-state index in [1.165, 1.54) is 9.07 Å². The van der Waals surface area contributed by atoms with E-state index in [-0.39, 0.29) is 12.4 Å². The van der Waals surface area contributed by atoms with Crippen LogP contribution in [0.15, 0.2) is 21.2 Å². The Kier molecular flexibility index (Phi) is 4.68. The molecule has 1 aliphatic carbocycles. The smallest absolute Gasteiger partial charge is 0.147 e. The maximum atomic E-state index is 6.26. The zero-order valence-corrected chi connectivity index (χ0v) is 10.8. The molecule has 0 unspecified atom stereocenters. The fourth-order valence-electron chi connectivity index (χ4n) is 1.06. The average molecular weight is 242 g/mol. The van der Waals surface area contributed by atoms with Gasteiger partial charge in [-0.2, -0.15) is 0 Å². The molecular formula is C7H11Cl2SiTi. The maximum absolute atomic E-state index is 6.26. The standard InChI is InChI=1S/C7H10ClSi.ClH.Ti/c1-9(2,8)7-5-3-4-6-7;;/h3,5H,4H2,1-2H3;1H;. The largest absolute Gasteiger partial charge is 0.147 e. The molecule has 0 nitrogen and oxygen atoms in total. The Balaban J connectivity index is 0.000001000.